The van der Waals surface area contributed by atoms with Gasteiger partial charge in [-0.1, -0.05) is 23.7 Å². The lowest BCUT2D eigenvalue weighted by Crippen LogP contribution is -2.39. The molecule has 0 fully saturated rings. The highest BCUT2D eigenvalue weighted by atomic mass is 35.5. The number of carbonyl (C=O) groups excluding carboxylic acids is 1. The van der Waals surface area contributed by atoms with Crippen LogP contribution >= 0.6 is 11.6 Å². The lowest BCUT2D eigenvalue weighted by atomic mass is 10.1. The molecule has 0 radical (unpaired) electrons. The molecule has 0 amide bonds. The fourth-order valence-corrected chi connectivity index (χ4v) is 2.80. The number of ketones is 1. The number of rotatable bonds is 5. The number of nitro benzene ring substituents is 1. The Balaban J connectivity index is 1.90. The van der Waals surface area contributed by atoms with Gasteiger partial charge >= 0.3 is 5.95 Å². The van der Waals surface area contributed by atoms with Crippen molar-refractivity contribution in [2.75, 3.05) is 5.73 Å². The summed E-state index contributed by atoms with van der Waals surface area (Å²) in [6.45, 7) is -0.0194. The van der Waals surface area contributed by atoms with Crippen LogP contribution in [0.25, 0.3) is 11.3 Å². The largest absolute Gasteiger partial charge is 0.355 e. The Morgan fingerprint density at radius 3 is 2.62 bits per heavy atom. The van der Waals surface area contributed by atoms with Gasteiger partial charge < -0.3 is 0 Å². The number of nitrogens with two attached hydrogens (primary N) is 1. The van der Waals surface area contributed by atoms with Crippen molar-refractivity contribution < 1.29 is 14.3 Å². The second kappa shape index (κ2) is 6.97. The van der Waals surface area contributed by atoms with Crippen molar-refractivity contribution in [2.24, 2.45) is 7.05 Å². The van der Waals surface area contributed by atoms with Crippen LogP contribution in [0.3, 0.4) is 0 Å². The molecule has 0 aliphatic heterocycles. The van der Waals surface area contributed by atoms with E-state index in [-0.39, 0.29) is 23.6 Å². The summed E-state index contributed by atoms with van der Waals surface area (Å²) in [6.07, 6.45) is 1.77. The molecule has 2 N–H and O–H groups in total. The molecular formula is C18H16ClN4O3+. The number of benzene rings is 2. The number of imidazole rings is 1. The Bertz CT molecular complexity index is 996. The zero-order valence-corrected chi connectivity index (χ0v) is 14.7. The zero-order chi connectivity index (χ0) is 18.8. The predicted molar refractivity (Wildman–Crippen MR) is 97.9 cm³/mol. The van der Waals surface area contributed by atoms with E-state index in [0.29, 0.717) is 11.0 Å². The minimum atomic E-state index is -0.528. The third kappa shape index (κ3) is 3.43. The molecule has 0 saturated carbocycles. The van der Waals surface area contributed by atoms with Gasteiger partial charge in [-0.05, 0) is 24.3 Å². The molecule has 7 nitrogen and oxygen atoms in total. The molecule has 1 heterocycles. The molecule has 0 aliphatic carbocycles. The van der Waals surface area contributed by atoms with Crippen molar-refractivity contribution in [1.82, 2.24) is 4.57 Å². The highest BCUT2D eigenvalue weighted by molar-refractivity contribution is 6.30. The standard InChI is InChI=1S/C18H15ClN4O3/c1-21-16(12-5-7-14(19)8-6-12)10-22(18(21)20)11-17(24)13-3-2-4-15(9-13)23(25)26/h2-10,20H,11H2,1H3/p+1. The number of nitrogens with zero attached hydrogens (tertiary/aromatic N) is 3. The van der Waals surface area contributed by atoms with Gasteiger partial charge in [-0.25, -0.2) is 9.13 Å². The van der Waals surface area contributed by atoms with E-state index < -0.39 is 4.92 Å². The van der Waals surface area contributed by atoms with E-state index in [1.54, 1.807) is 40.6 Å². The molecule has 0 spiro atoms. The number of halogens is 1. The van der Waals surface area contributed by atoms with E-state index in [2.05, 4.69) is 0 Å². The van der Waals surface area contributed by atoms with Crippen LogP contribution in [-0.2, 0) is 13.6 Å². The number of non-ortho nitro benzene ring substituents is 1. The summed E-state index contributed by atoms with van der Waals surface area (Å²) < 4.78 is 3.38. The Morgan fingerprint density at radius 1 is 1.27 bits per heavy atom. The van der Waals surface area contributed by atoms with Crippen LogP contribution in [0.2, 0.25) is 5.02 Å². The summed E-state index contributed by atoms with van der Waals surface area (Å²) >= 11 is 5.92. The number of nitrogen functional groups attached to an aromatic ring is 1. The lowest BCUT2D eigenvalue weighted by Gasteiger charge is -2.00. The fraction of sp³-hybridized carbons (Fsp3) is 0.111. The maximum Gasteiger partial charge on any atom is 0.355 e. The maximum atomic E-state index is 12.5. The van der Waals surface area contributed by atoms with Gasteiger partial charge in [0, 0.05) is 28.3 Å². The van der Waals surface area contributed by atoms with Crippen molar-refractivity contribution in [2.45, 2.75) is 6.54 Å². The van der Waals surface area contributed by atoms with Gasteiger partial charge in [0.25, 0.3) is 5.69 Å². The summed E-state index contributed by atoms with van der Waals surface area (Å²) in [5.41, 5.74) is 7.99. The molecule has 0 unspecified atom stereocenters. The molecule has 2 aromatic carbocycles. The highest BCUT2D eigenvalue weighted by Crippen LogP contribution is 2.22. The first-order valence-corrected chi connectivity index (χ1v) is 8.13. The monoisotopic (exact) mass is 371 g/mol. The molecule has 0 saturated heterocycles. The van der Waals surface area contributed by atoms with Gasteiger partial charge in [0.1, 0.15) is 18.4 Å². The molecule has 3 aromatic rings. The molecule has 3 rings (SSSR count). The first-order chi connectivity index (χ1) is 12.4. The average Bonchev–Trinajstić information content (AvgIpc) is 2.91. The van der Waals surface area contributed by atoms with Crippen molar-refractivity contribution in [3.63, 3.8) is 0 Å². The first kappa shape index (κ1) is 17.6. The average molecular weight is 372 g/mol. The number of carbonyl (C=O) groups is 1. The van der Waals surface area contributed by atoms with Crippen molar-refractivity contribution in [3.05, 3.63) is 75.4 Å². The topological polar surface area (TPSA) is 95.0 Å². The first-order valence-electron chi connectivity index (χ1n) is 7.75. The molecule has 132 valence electrons. The number of hydrogen-bond acceptors (Lipinski definition) is 4. The quantitative estimate of drug-likeness (QED) is 0.323. The molecular weight excluding hydrogens is 356 g/mol. The van der Waals surface area contributed by atoms with Gasteiger partial charge in [0.05, 0.1) is 12.0 Å². The SMILES string of the molecule is Cn1c(-c2ccc(Cl)cc2)c[n+](CC(=O)c2cccc([N+](=O)[O-])c2)c1N. The van der Waals surface area contributed by atoms with E-state index in [0.717, 1.165) is 11.3 Å². The van der Waals surface area contributed by atoms with Gasteiger partial charge in [-0.15, -0.1) is 0 Å². The van der Waals surface area contributed by atoms with E-state index >= 15 is 0 Å². The second-order valence-electron chi connectivity index (χ2n) is 5.80. The van der Waals surface area contributed by atoms with Crippen LogP contribution in [-0.4, -0.2) is 15.3 Å². The second-order valence-corrected chi connectivity index (χ2v) is 6.23. The lowest BCUT2D eigenvalue weighted by molar-refractivity contribution is -0.667. The molecule has 1 aromatic heterocycles. The van der Waals surface area contributed by atoms with Crippen LogP contribution in [0, 0.1) is 10.1 Å². The number of hydrogen-bond donors (Lipinski definition) is 1. The molecule has 0 atom stereocenters. The van der Waals surface area contributed by atoms with Gasteiger partial charge in [0.15, 0.2) is 5.78 Å². The zero-order valence-electron chi connectivity index (χ0n) is 13.9. The van der Waals surface area contributed by atoms with E-state index in [1.807, 2.05) is 12.1 Å². The van der Waals surface area contributed by atoms with Gasteiger partial charge in [-0.3, -0.25) is 20.6 Å². The summed E-state index contributed by atoms with van der Waals surface area (Å²) in [6, 6.07) is 12.9. The predicted octanol–water partition coefficient (Wildman–Crippen LogP) is 3.01. The minimum absolute atomic E-state index is 0.0194. The molecule has 0 aliphatic rings. The Kier molecular flexibility index (Phi) is 4.73. The highest BCUT2D eigenvalue weighted by Gasteiger charge is 2.21. The minimum Gasteiger partial charge on any atom is -0.291 e. The van der Waals surface area contributed by atoms with Crippen LogP contribution in [0.1, 0.15) is 10.4 Å². The normalized spacial score (nSPS) is 10.7. The summed E-state index contributed by atoms with van der Waals surface area (Å²) in [7, 11) is 1.80. The van der Waals surface area contributed by atoms with Crippen LogP contribution < -0.4 is 10.3 Å². The van der Waals surface area contributed by atoms with Crippen molar-refractivity contribution in [1.29, 1.82) is 0 Å². The third-order valence-electron chi connectivity index (χ3n) is 4.11. The van der Waals surface area contributed by atoms with Crippen LogP contribution in [0.15, 0.2) is 54.7 Å². The Labute approximate surface area is 154 Å². The Hall–Kier alpha value is -3.19. The molecule has 26 heavy (non-hydrogen) atoms. The number of anilines is 1. The van der Waals surface area contributed by atoms with E-state index in [4.69, 9.17) is 17.3 Å². The van der Waals surface area contributed by atoms with Crippen molar-refractivity contribution in [3.8, 4) is 11.3 Å². The number of nitro groups is 1. The smallest absolute Gasteiger partial charge is 0.291 e. The maximum absolute atomic E-state index is 12.5. The van der Waals surface area contributed by atoms with E-state index in [1.165, 1.54) is 18.2 Å². The summed E-state index contributed by atoms with van der Waals surface area (Å²) in [4.78, 5) is 22.9. The Morgan fingerprint density at radius 2 is 1.96 bits per heavy atom. The van der Waals surface area contributed by atoms with E-state index in [9.17, 15) is 14.9 Å². The van der Waals surface area contributed by atoms with Gasteiger partial charge in [-0.2, -0.15) is 0 Å². The summed E-state index contributed by atoms with van der Waals surface area (Å²) in [5.74, 6) is 0.132. The fourth-order valence-electron chi connectivity index (χ4n) is 2.67. The third-order valence-corrected chi connectivity index (χ3v) is 4.36. The van der Waals surface area contributed by atoms with Gasteiger partial charge in [0.2, 0.25) is 0 Å². The van der Waals surface area contributed by atoms with Crippen LogP contribution in [0.5, 0.6) is 0 Å². The molecule has 8 heteroatoms. The number of Topliss-reactive ketones (excluding diaryl/α,β-unsaturated/α-hetero) is 1. The van der Waals surface area contributed by atoms with Crippen LogP contribution in [0.4, 0.5) is 11.6 Å². The number of aromatic nitrogens is 2. The van der Waals surface area contributed by atoms with Crippen molar-refractivity contribution >= 4 is 29.0 Å². The summed E-state index contributed by atoms with van der Waals surface area (Å²) in [5, 5.41) is 11.5. The molecule has 0 bridgehead atoms.